The van der Waals surface area contributed by atoms with Gasteiger partial charge >= 0.3 is 11.9 Å². The normalized spacial score (nSPS) is 4.86. The quantitative estimate of drug-likeness (QED) is 0.228. The molecular weight excluding hydrogens is 1210 g/mol. The maximum Gasteiger partial charge on any atom is 0.396 e. The molecule has 4 heterocycles. The van der Waals surface area contributed by atoms with Crippen LogP contribution in [-0.2, 0) is 230 Å². The Kier molecular flexibility index (Phi) is 334. The molecule has 0 atom stereocenters. The molecule has 0 aliphatic heterocycles. The average Bonchev–Trinajstić information content (AvgIpc) is 2.72. The molecule has 35 heteroatoms. The van der Waals surface area contributed by atoms with Crippen LogP contribution in [0.1, 0.15) is 0 Å². The summed E-state index contributed by atoms with van der Waals surface area (Å²) in [6.45, 7) is 0. The second-order valence-electron chi connectivity index (χ2n) is 4.66. The Hall–Kier alpha value is -0.710. The molecule has 0 radical (unpaired) electrons. The van der Waals surface area contributed by atoms with Crippen LogP contribution in [-0.4, -0.2) is 29.9 Å². The zero-order chi connectivity index (χ0) is 17.9. The fraction of sp³-hybridized carbons (Fsp3) is 0. The van der Waals surface area contributed by atoms with Gasteiger partial charge in [-0.1, -0.05) is 9.97 Å². The smallest absolute Gasteiger partial charge is 0.396 e. The van der Waals surface area contributed by atoms with E-state index in [1.165, 1.54) is 0 Å². The summed E-state index contributed by atoms with van der Waals surface area (Å²) in [7, 11) is 0. The zero-order valence-electron chi connectivity index (χ0n) is 23.8. The minimum absolute atomic E-state index is 0. The van der Waals surface area contributed by atoms with Crippen LogP contribution in [0.15, 0.2) is 73.8 Å². The minimum atomic E-state index is 0. The molecule has 0 amide bonds. The summed E-state index contributed by atoms with van der Waals surface area (Å²) in [6.07, 6.45) is 13.6. The molecule has 0 aliphatic rings. The van der Waals surface area contributed by atoms with Gasteiger partial charge in [0.25, 0.3) is 11.9 Å². The summed E-state index contributed by atoms with van der Waals surface area (Å²) in [5.74, 6) is 2.29. The van der Waals surface area contributed by atoms with Crippen molar-refractivity contribution >= 4 is 23.8 Å². The number of rotatable bonds is 4. The van der Waals surface area contributed by atoms with E-state index in [9.17, 15) is 0 Å². The Morgan fingerprint density at radius 3 is 0.667 bits per heavy atom. The number of aromatic nitrogens is 8. The average molecular weight is 1230 g/mol. The number of nitrogens with one attached hydrogen (secondary N) is 4. The van der Waals surface area contributed by atoms with Gasteiger partial charge in [0.05, 0.1) is 12.4 Å². The van der Waals surface area contributed by atoms with E-state index in [0.29, 0.717) is 23.8 Å². The van der Waals surface area contributed by atoms with Crippen LogP contribution in [0, 0.1) is 0 Å². The maximum absolute atomic E-state index is 4.03. The van der Waals surface area contributed by atoms with Gasteiger partial charge in [0.1, 0.15) is 12.4 Å². The number of aromatic amines is 2. The van der Waals surface area contributed by atoms with Crippen molar-refractivity contribution in [3.05, 3.63) is 73.8 Å². The summed E-state index contributed by atoms with van der Waals surface area (Å²) < 4.78 is 0. The first-order valence-electron chi connectivity index (χ1n) is 7.63. The first-order chi connectivity index (χ1) is 12.9. The van der Waals surface area contributed by atoms with Crippen molar-refractivity contribution in [1.82, 2.24) is 29.9 Å². The van der Waals surface area contributed by atoms with Gasteiger partial charge in [-0.2, -0.15) is 0 Å². The molecule has 4 aromatic heterocycles. The number of hydrogen-bond acceptors (Lipinski definition) is 8. The van der Waals surface area contributed by atoms with E-state index in [1.54, 1.807) is 73.8 Å². The number of nitrogens with zero attached hydrogens (tertiary/aromatic N) is 6. The Labute approximate surface area is 375 Å². The van der Waals surface area contributed by atoms with Crippen LogP contribution < -0.4 is 20.6 Å². The summed E-state index contributed by atoms with van der Waals surface area (Å²) in [6, 6.07) is 7.12. The molecule has 0 aromatic carbocycles. The van der Waals surface area contributed by atoms with E-state index in [2.05, 4.69) is 50.5 Å². The molecule has 0 aliphatic carbocycles. The molecule has 0 spiro atoms. The third-order valence-corrected chi connectivity index (χ3v) is 2.80. The van der Waals surface area contributed by atoms with Crippen molar-refractivity contribution in [2.75, 3.05) is 10.6 Å². The van der Waals surface area contributed by atoms with Crippen LogP contribution >= 0.6 is 0 Å². The summed E-state index contributed by atoms with van der Waals surface area (Å²) >= 11 is 0. The van der Waals surface area contributed by atoms with E-state index >= 15 is 0 Å². The van der Waals surface area contributed by atoms with Crippen molar-refractivity contribution in [3.63, 3.8) is 0 Å². The van der Waals surface area contributed by atoms with Gasteiger partial charge in [-0.15, -0.1) is 0 Å². The first kappa shape index (κ1) is 164. The standard InChI is InChI=1S/2C8H7N5.6Mo.19O/c2*1-3-9-7(10-4-1)13-8-11-5-2-6-12-8;;;;;;;;;;;;;;;;;;;;;;;;;/h2*1-6H,(H,9,10,11,12,13);;;;;;;;;;;;;;;;;;;;;;;;;/q;;;;;;;;19*-2/p+2. The molecule has 0 saturated carbocycles. The Balaban J connectivity index is -0.00000000982. The first-order valence-corrected chi connectivity index (χ1v) is 7.63. The van der Waals surface area contributed by atoms with Crippen LogP contribution in [0.2, 0.25) is 0 Å². The molecule has 4 rings (SSSR count). The molecular formula is C16H16Mo6N10O19-36. The van der Waals surface area contributed by atoms with E-state index in [1.807, 2.05) is 0 Å². The second kappa shape index (κ2) is 104. The van der Waals surface area contributed by atoms with Gasteiger partial charge in [-0.3, -0.25) is 0 Å². The molecule has 51 heavy (non-hydrogen) atoms. The zero-order valence-corrected chi connectivity index (χ0v) is 35.9. The van der Waals surface area contributed by atoms with Crippen LogP contribution in [0.4, 0.5) is 23.8 Å². The van der Waals surface area contributed by atoms with E-state index in [0.717, 1.165) is 0 Å². The molecule has 0 fully saturated rings. The van der Waals surface area contributed by atoms with Gasteiger partial charge < -0.3 is 104 Å². The van der Waals surface area contributed by atoms with Crippen molar-refractivity contribution in [2.24, 2.45) is 0 Å². The topological polar surface area (TPSA) is 671 Å². The molecule has 0 bridgehead atoms. The van der Waals surface area contributed by atoms with Crippen molar-refractivity contribution in [2.45, 2.75) is 0 Å². The number of H-pyrrole nitrogens is 2. The van der Waals surface area contributed by atoms with Gasteiger partial charge in [-0.25, -0.2) is 40.5 Å². The maximum atomic E-state index is 4.03. The molecule has 29 nitrogen and oxygen atoms in total. The Morgan fingerprint density at radius 2 is 0.490 bits per heavy atom. The predicted octanol–water partition coefficient (Wildman–Crippen LogP) is -1.41. The van der Waals surface area contributed by atoms with Gasteiger partial charge in [0.15, 0.2) is 0 Å². The molecule has 0 saturated heterocycles. The Bertz CT molecular complexity index is 794. The van der Waals surface area contributed by atoms with Crippen LogP contribution in [0.5, 0.6) is 0 Å². The fourth-order valence-corrected chi connectivity index (χ4v) is 1.73. The monoisotopic (exact) mass is 1240 g/mol. The van der Waals surface area contributed by atoms with E-state index < -0.39 is 0 Å². The fourth-order valence-electron chi connectivity index (χ4n) is 1.73. The van der Waals surface area contributed by atoms with Crippen LogP contribution in [0.3, 0.4) is 0 Å². The minimum Gasteiger partial charge on any atom is -2.00 e. The Morgan fingerprint density at radius 1 is 0.294 bits per heavy atom. The number of hydrogen-bond donors (Lipinski definition) is 2. The third kappa shape index (κ3) is 71.4. The predicted molar refractivity (Wildman–Crippen MR) is 105 cm³/mol. The summed E-state index contributed by atoms with van der Waals surface area (Å²) in [4.78, 5) is 29.9. The second-order valence-corrected chi connectivity index (χ2v) is 4.66. The molecule has 316 valence electrons. The molecule has 4 aromatic rings. The van der Waals surface area contributed by atoms with Gasteiger partial charge in [0, 0.05) is 163 Å². The van der Waals surface area contributed by atoms with Crippen LogP contribution in [0.25, 0.3) is 0 Å². The largest absolute Gasteiger partial charge is 2.00 e. The van der Waals surface area contributed by atoms with Gasteiger partial charge in [-0.05, 0) is 12.1 Å². The molecule has 4 N–H and O–H groups in total. The van der Waals surface area contributed by atoms with Crippen molar-refractivity contribution in [1.29, 1.82) is 0 Å². The summed E-state index contributed by atoms with van der Waals surface area (Å²) in [5.41, 5.74) is 0. The molecule has 0 unspecified atom stereocenters. The van der Waals surface area contributed by atoms with Crippen molar-refractivity contribution in [3.8, 4) is 0 Å². The van der Waals surface area contributed by atoms with E-state index in [-0.39, 0.29) is 230 Å². The third-order valence-electron chi connectivity index (χ3n) is 2.80. The SMILES string of the molecule is [Mo].[Mo].[Mo].[Mo].[Mo].[Mo].[O-2].[O-2].[O-2].[O-2].[O-2].[O-2].[O-2].[O-2].[O-2].[O-2].[O-2].[O-2].[O-2].[O-2].[O-2].[O-2].[O-2].[O-2].[O-2].c1cnc(Nc2nccc[nH+]2)nc1.c1cnc(Nc2nccc[nH+]2)nc1. The van der Waals surface area contributed by atoms with Gasteiger partial charge in [0.2, 0.25) is 0 Å². The summed E-state index contributed by atoms with van der Waals surface area (Å²) in [5, 5.41) is 5.83. The number of anilines is 4. The van der Waals surface area contributed by atoms with E-state index in [4.69, 9.17) is 0 Å². The van der Waals surface area contributed by atoms with Crippen molar-refractivity contribution < 1.29 is 240 Å².